The van der Waals surface area contributed by atoms with Crippen LogP contribution in [0.3, 0.4) is 0 Å². The van der Waals surface area contributed by atoms with E-state index in [0.29, 0.717) is 22.9 Å². The lowest BCUT2D eigenvalue weighted by atomic mass is 10.1. The van der Waals surface area contributed by atoms with Crippen molar-refractivity contribution in [3.63, 3.8) is 0 Å². The molecule has 158 valence electrons. The fourth-order valence-electron chi connectivity index (χ4n) is 3.62. The summed E-state index contributed by atoms with van der Waals surface area (Å²) < 4.78 is 13.1. The second-order valence-electron chi connectivity index (χ2n) is 7.39. The number of benzene rings is 1. The number of hydrogen-bond donors (Lipinski definition) is 1. The number of hydrogen-bond acceptors (Lipinski definition) is 5. The van der Waals surface area contributed by atoms with Gasteiger partial charge in [0.1, 0.15) is 18.0 Å². The molecule has 1 saturated heterocycles. The van der Waals surface area contributed by atoms with Crippen LogP contribution < -0.4 is 10.1 Å². The van der Waals surface area contributed by atoms with E-state index < -0.39 is 0 Å². The Morgan fingerprint density at radius 1 is 1.27 bits per heavy atom. The number of ether oxygens (including phenoxy) is 2. The van der Waals surface area contributed by atoms with E-state index in [2.05, 4.69) is 15.2 Å². The third kappa shape index (κ3) is 4.43. The first-order valence-corrected chi connectivity index (χ1v) is 10.3. The summed E-state index contributed by atoms with van der Waals surface area (Å²) in [5.41, 5.74) is 2.76. The molecule has 1 aliphatic rings. The molecule has 7 nitrogen and oxygen atoms in total. The lowest BCUT2D eigenvalue weighted by Gasteiger charge is -2.26. The molecule has 4 rings (SSSR count). The van der Waals surface area contributed by atoms with E-state index in [1.807, 2.05) is 49.0 Å². The lowest BCUT2D eigenvalue weighted by molar-refractivity contribution is 0.0322. The summed E-state index contributed by atoms with van der Waals surface area (Å²) in [5.74, 6) is 0.473. The van der Waals surface area contributed by atoms with Crippen LogP contribution in [-0.2, 0) is 11.8 Å². The Labute approximate surface area is 180 Å². The zero-order chi connectivity index (χ0) is 21.1. The number of morpholine rings is 1. The van der Waals surface area contributed by atoms with Gasteiger partial charge in [0, 0.05) is 50.1 Å². The predicted octanol–water partition coefficient (Wildman–Crippen LogP) is 3.50. The molecule has 0 atom stereocenters. The van der Waals surface area contributed by atoms with Gasteiger partial charge in [-0.05, 0) is 36.8 Å². The number of fused-ring (bicyclic) bond motifs is 1. The molecular formula is C22H25ClN4O3. The number of carbonyl (C=O) groups excluding carboxylic acids is 1. The monoisotopic (exact) mass is 428 g/mol. The zero-order valence-corrected chi connectivity index (χ0v) is 17.9. The third-order valence-corrected chi connectivity index (χ3v) is 5.64. The van der Waals surface area contributed by atoms with E-state index in [-0.39, 0.29) is 5.91 Å². The van der Waals surface area contributed by atoms with Crippen molar-refractivity contribution in [2.45, 2.75) is 6.92 Å². The second kappa shape index (κ2) is 9.04. The van der Waals surface area contributed by atoms with Crippen LogP contribution in [0.5, 0.6) is 5.75 Å². The van der Waals surface area contributed by atoms with Crippen LogP contribution in [0.25, 0.3) is 11.0 Å². The molecule has 0 spiro atoms. The molecule has 1 N–H and O–H groups in total. The van der Waals surface area contributed by atoms with Gasteiger partial charge in [-0.1, -0.05) is 11.6 Å². The Kier molecular flexibility index (Phi) is 6.22. The van der Waals surface area contributed by atoms with Crippen LogP contribution in [0, 0.1) is 6.92 Å². The van der Waals surface area contributed by atoms with Gasteiger partial charge in [-0.3, -0.25) is 9.69 Å². The van der Waals surface area contributed by atoms with Crippen molar-refractivity contribution >= 4 is 34.2 Å². The third-order valence-electron chi connectivity index (χ3n) is 5.25. The Bertz CT molecular complexity index is 1040. The van der Waals surface area contributed by atoms with Crippen LogP contribution in [0.1, 0.15) is 15.9 Å². The standard InChI is InChI=1S/C22H25ClN4O3/c1-15-14-26(2)21-19(15)20(23)18(13-24-21)22(28)25-16-3-5-17(6-4-16)30-12-9-27-7-10-29-11-8-27/h3-6,13-14H,7-12H2,1-2H3,(H,25,28). The molecule has 1 aromatic carbocycles. The van der Waals surface area contributed by atoms with Crippen LogP contribution in [0.15, 0.2) is 36.7 Å². The number of nitrogens with zero attached hydrogens (tertiary/aromatic N) is 3. The molecule has 30 heavy (non-hydrogen) atoms. The summed E-state index contributed by atoms with van der Waals surface area (Å²) in [6.45, 7) is 6.89. The first-order chi connectivity index (χ1) is 14.5. The van der Waals surface area contributed by atoms with E-state index in [0.717, 1.165) is 55.2 Å². The zero-order valence-electron chi connectivity index (χ0n) is 17.2. The van der Waals surface area contributed by atoms with Crippen molar-refractivity contribution in [1.29, 1.82) is 0 Å². The minimum absolute atomic E-state index is 0.293. The predicted molar refractivity (Wildman–Crippen MR) is 118 cm³/mol. The molecule has 1 aliphatic heterocycles. The average molecular weight is 429 g/mol. The Balaban J connectivity index is 1.37. The van der Waals surface area contributed by atoms with Gasteiger partial charge in [0.2, 0.25) is 0 Å². The van der Waals surface area contributed by atoms with Crippen LogP contribution in [-0.4, -0.2) is 59.8 Å². The van der Waals surface area contributed by atoms with Gasteiger partial charge < -0.3 is 19.4 Å². The van der Waals surface area contributed by atoms with Crippen molar-refractivity contribution < 1.29 is 14.3 Å². The van der Waals surface area contributed by atoms with Crippen LogP contribution in [0.2, 0.25) is 5.02 Å². The fraction of sp³-hybridized carbons (Fsp3) is 0.364. The summed E-state index contributed by atoms with van der Waals surface area (Å²) in [4.78, 5) is 19.5. The molecule has 3 aromatic rings. The van der Waals surface area contributed by atoms with Gasteiger partial charge in [-0.15, -0.1) is 0 Å². The maximum atomic E-state index is 12.7. The van der Waals surface area contributed by atoms with Crippen molar-refractivity contribution in [2.75, 3.05) is 44.8 Å². The number of aryl methyl sites for hydroxylation is 2. The maximum absolute atomic E-state index is 12.7. The molecule has 0 saturated carbocycles. The Morgan fingerprint density at radius 2 is 2.00 bits per heavy atom. The molecule has 1 amide bonds. The molecule has 2 aromatic heterocycles. The maximum Gasteiger partial charge on any atom is 0.258 e. The van der Waals surface area contributed by atoms with Crippen molar-refractivity contribution in [2.24, 2.45) is 7.05 Å². The molecule has 0 unspecified atom stereocenters. The summed E-state index contributed by atoms with van der Waals surface area (Å²) in [6.07, 6.45) is 3.46. The first-order valence-electron chi connectivity index (χ1n) is 9.97. The van der Waals surface area contributed by atoms with Crippen LogP contribution in [0.4, 0.5) is 5.69 Å². The smallest absolute Gasteiger partial charge is 0.258 e. The molecule has 0 aliphatic carbocycles. The minimum Gasteiger partial charge on any atom is -0.492 e. The minimum atomic E-state index is -0.293. The summed E-state index contributed by atoms with van der Waals surface area (Å²) in [6, 6.07) is 7.32. The van der Waals surface area contributed by atoms with E-state index in [1.54, 1.807) is 0 Å². The number of rotatable bonds is 6. The molecule has 8 heteroatoms. The second-order valence-corrected chi connectivity index (χ2v) is 7.77. The highest BCUT2D eigenvalue weighted by Gasteiger charge is 2.17. The van der Waals surface area contributed by atoms with Gasteiger partial charge in [0.15, 0.2) is 0 Å². The van der Waals surface area contributed by atoms with Crippen LogP contribution >= 0.6 is 11.6 Å². The van der Waals surface area contributed by atoms with Crippen molar-refractivity contribution in [3.05, 3.63) is 52.8 Å². The quantitative estimate of drug-likeness (QED) is 0.650. The molecule has 3 heterocycles. The summed E-state index contributed by atoms with van der Waals surface area (Å²) in [5, 5.41) is 4.09. The van der Waals surface area contributed by atoms with Gasteiger partial charge in [0.05, 0.1) is 23.8 Å². The largest absolute Gasteiger partial charge is 0.492 e. The number of aromatic nitrogens is 2. The van der Waals surface area contributed by atoms with Gasteiger partial charge in [0.25, 0.3) is 5.91 Å². The van der Waals surface area contributed by atoms with E-state index in [1.165, 1.54) is 6.20 Å². The molecule has 0 radical (unpaired) electrons. The number of halogens is 1. The first kappa shape index (κ1) is 20.7. The van der Waals surface area contributed by atoms with Gasteiger partial charge in [-0.25, -0.2) is 4.98 Å². The highest BCUT2D eigenvalue weighted by atomic mass is 35.5. The number of nitrogens with one attached hydrogen (secondary N) is 1. The van der Waals surface area contributed by atoms with E-state index >= 15 is 0 Å². The number of pyridine rings is 1. The number of anilines is 1. The lowest BCUT2D eigenvalue weighted by Crippen LogP contribution is -2.38. The summed E-state index contributed by atoms with van der Waals surface area (Å²) >= 11 is 6.52. The van der Waals surface area contributed by atoms with E-state index in [4.69, 9.17) is 21.1 Å². The normalized spacial score (nSPS) is 14.8. The van der Waals surface area contributed by atoms with Crippen molar-refractivity contribution in [1.82, 2.24) is 14.5 Å². The summed E-state index contributed by atoms with van der Waals surface area (Å²) in [7, 11) is 1.91. The molecule has 0 bridgehead atoms. The number of carbonyl (C=O) groups is 1. The molecular weight excluding hydrogens is 404 g/mol. The van der Waals surface area contributed by atoms with Crippen molar-refractivity contribution in [3.8, 4) is 5.75 Å². The molecule has 1 fully saturated rings. The Morgan fingerprint density at radius 3 is 2.73 bits per heavy atom. The Hall–Kier alpha value is -2.61. The van der Waals surface area contributed by atoms with Gasteiger partial charge >= 0.3 is 0 Å². The highest BCUT2D eigenvalue weighted by Crippen LogP contribution is 2.30. The van der Waals surface area contributed by atoms with E-state index in [9.17, 15) is 4.79 Å². The topological polar surface area (TPSA) is 68.6 Å². The number of amides is 1. The average Bonchev–Trinajstić information content (AvgIpc) is 3.04. The SMILES string of the molecule is Cc1cn(C)c2ncc(C(=O)Nc3ccc(OCCN4CCOCC4)cc3)c(Cl)c12. The highest BCUT2D eigenvalue weighted by molar-refractivity contribution is 6.39. The fourth-order valence-corrected chi connectivity index (χ4v) is 3.99. The van der Waals surface area contributed by atoms with Gasteiger partial charge in [-0.2, -0.15) is 0 Å².